The van der Waals surface area contributed by atoms with Crippen LogP contribution in [0.15, 0.2) is 291 Å². The minimum atomic E-state index is -1.93. The van der Waals surface area contributed by atoms with Gasteiger partial charge in [0.05, 0.1) is 0 Å². The van der Waals surface area contributed by atoms with Gasteiger partial charge in [-0.1, -0.05) is 478 Å². The minimum absolute atomic E-state index is 0.181. The molecule has 15 aromatic carbocycles. The summed E-state index contributed by atoms with van der Waals surface area (Å²) in [5, 5.41) is 0. The molecular weight excluding hydrogens is 1740 g/mol. The zero-order valence-corrected chi connectivity index (χ0v) is 95.7. The molecule has 0 unspecified atom stereocenters. The Balaban J connectivity index is 1.10. The minimum Gasteiger partial charge on any atom is -0.0582 e. The Labute approximate surface area is 888 Å². The van der Waals surface area contributed by atoms with Crippen molar-refractivity contribution < 1.29 is 9.60 Å². The van der Waals surface area contributed by atoms with E-state index >= 15 is 0 Å². The van der Waals surface area contributed by atoms with E-state index in [4.69, 9.17) is 0 Å². The maximum Gasteiger partial charge on any atom is 0.0453 e. The molecule has 0 atom stereocenters. The fourth-order valence-corrected chi connectivity index (χ4v) is 21.8. The molecule has 0 aromatic heterocycles. The average Bonchev–Trinajstić information content (AvgIpc) is 0.702. The van der Waals surface area contributed by atoms with Crippen molar-refractivity contribution >= 4 is 0 Å². The van der Waals surface area contributed by atoms with E-state index < -0.39 is 41.3 Å². The summed E-state index contributed by atoms with van der Waals surface area (Å²) < 4.78 is 86.5. The fourth-order valence-electron chi connectivity index (χ4n) is 21.8. The molecule has 0 fully saturated rings. The van der Waals surface area contributed by atoms with Gasteiger partial charge in [0.25, 0.3) is 0 Å². The van der Waals surface area contributed by atoms with Gasteiger partial charge in [-0.15, -0.1) is 0 Å². The summed E-state index contributed by atoms with van der Waals surface area (Å²) in [4.78, 5) is 0. The van der Waals surface area contributed by atoms with Gasteiger partial charge in [0, 0.05) is 50.9 Å². The first-order valence-corrected chi connectivity index (χ1v) is 53.3. The van der Waals surface area contributed by atoms with Crippen molar-refractivity contribution in [1.82, 2.24) is 0 Å². The van der Waals surface area contributed by atoms with Crippen LogP contribution in [0.5, 0.6) is 0 Å². The average molecular weight is 1920 g/mol. The summed E-state index contributed by atoms with van der Waals surface area (Å²) in [6.45, 7) is 85.9. The number of benzene rings is 15. The monoisotopic (exact) mass is 1920 g/mol. The first-order chi connectivity index (χ1) is 70.1. The van der Waals surface area contributed by atoms with E-state index in [0.717, 1.165) is 184 Å². The zero-order chi connectivity index (χ0) is 112. The largest absolute Gasteiger partial charge is 0.0582 e. The van der Waals surface area contributed by atoms with Crippen LogP contribution in [0, 0.1) is 83.1 Å². The molecular formula is C145H172. The van der Waals surface area contributed by atoms with Crippen molar-refractivity contribution in [1.29, 1.82) is 0 Å². The van der Waals surface area contributed by atoms with Gasteiger partial charge in [0.15, 0.2) is 0 Å². The van der Waals surface area contributed by atoms with Crippen LogP contribution < -0.4 is 0 Å². The van der Waals surface area contributed by atoms with Gasteiger partial charge in [0.2, 0.25) is 0 Å². The van der Waals surface area contributed by atoms with Crippen LogP contribution in [0.2, 0.25) is 0 Å². The Kier molecular flexibility index (Phi) is 27.4. The number of hydrogen-bond acceptors (Lipinski definition) is 0. The summed E-state index contributed by atoms with van der Waals surface area (Å²) in [6, 6.07) is 105. The van der Waals surface area contributed by atoms with Gasteiger partial charge >= 0.3 is 0 Å². The predicted molar refractivity (Wildman–Crippen MR) is 628 cm³/mol. The highest BCUT2D eigenvalue weighted by molar-refractivity contribution is 5.66. The van der Waals surface area contributed by atoms with E-state index in [2.05, 4.69) is 561 Å². The molecule has 0 amide bonds. The maximum atomic E-state index is 13.1. The second-order valence-corrected chi connectivity index (χ2v) is 52.0. The van der Waals surface area contributed by atoms with Crippen molar-refractivity contribution in [2.45, 2.75) is 360 Å². The van der Waals surface area contributed by atoms with E-state index in [0.29, 0.717) is 50.1 Å². The topological polar surface area (TPSA) is 0 Å². The summed E-state index contributed by atoms with van der Waals surface area (Å²) in [7, 11) is 0. The molecule has 752 valence electrons. The summed E-state index contributed by atoms with van der Waals surface area (Å²) >= 11 is 0. The molecule has 15 aromatic rings. The molecule has 0 aliphatic heterocycles. The molecule has 0 aliphatic rings. The second-order valence-electron chi connectivity index (χ2n) is 52.0. The van der Waals surface area contributed by atoms with Crippen molar-refractivity contribution in [3.63, 3.8) is 0 Å². The molecule has 0 heterocycles. The molecule has 15 rings (SSSR count). The first-order valence-electron chi connectivity index (χ1n) is 56.8. The molecule has 0 N–H and O–H groups in total. The number of rotatable bonds is 21. The van der Waals surface area contributed by atoms with Crippen LogP contribution in [-0.2, 0) is 48.7 Å². The molecule has 0 spiro atoms. The third-order valence-corrected chi connectivity index (χ3v) is 31.0. The van der Waals surface area contributed by atoms with E-state index in [-0.39, 0.29) is 48.7 Å². The van der Waals surface area contributed by atoms with Crippen LogP contribution in [0.25, 0.3) is 0 Å². The molecule has 0 aliphatic carbocycles. The molecule has 0 nitrogen and oxygen atoms in total. The van der Waals surface area contributed by atoms with Gasteiger partial charge < -0.3 is 0 Å². The molecule has 0 radical (unpaired) electrons. The van der Waals surface area contributed by atoms with E-state index in [1.165, 1.54) is 0 Å². The lowest BCUT2D eigenvalue weighted by Gasteiger charge is -2.33. The van der Waals surface area contributed by atoms with Crippen molar-refractivity contribution in [3.8, 4) is 0 Å². The lowest BCUT2D eigenvalue weighted by Crippen LogP contribution is -2.17. The lowest BCUT2D eigenvalue weighted by atomic mass is 9.71. The first kappa shape index (κ1) is 98.0. The van der Waals surface area contributed by atoms with Crippen LogP contribution in [0.4, 0.5) is 0 Å². The molecule has 0 heteroatoms. The predicted octanol–water partition coefficient (Wildman–Crippen LogP) is 39.3. The van der Waals surface area contributed by atoms with Gasteiger partial charge in [-0.05, 0) is 365 Å². The summed E-state index contributed by atoms with van der Waals surface area (Å²) in [5.41, 5.74) is 33.9. The van der Waals surface area contributed by atoms with Crippen LogP contribution in [-0.4, -0.2) is 0 Å². The highest BCUT2D eigenvalue weighted by atomic mass is 14.4. The smallest absolute Gasteiger partial charge is 0.0453 e. The SMILES string of the molecule is [2H]C(c1ccc(C(C)(C)C)cc1)(c1ccc(C(C)(C)C)cc1)c1cc(C([2H])(c2cc(C([2H])(c3ccc(C(C)(C)C)cc3)c3ccc(C(C)(C)C)cc3)c(C)cc2C)c2cc(C([2H])(c3ccc(C(C)(C)C)cc3)c3cc(C([2H])(c4cc(C([2H])(c5ccc(C(C)(C)C)cc5)c5ccc(C(C)(C)C)cc5)c(C)cc4C)c4cc(C([2H])(c5ccc(C(C)(C)C)cc5)c5ccc(C(C)(C)C)cc5)c(C)cc4C)c(C)cc3C)c(C)cc2C)c(C)cc1C. The standard InChI is InChI=1S/C145H172/c1-88-76-94(7)124(82-118(88)130(100-40-58-109(59-41-100)137(13,14)15)101-42-60-110(61-43-101)138(16,17)18)135(125-83-119(89(2)77-95(125)8)131(102-44-62-111(63-45-102)139(19,20)21)103-46-64-112(65-47-103)140(22,23)24)128-86-122(92(5)80-98(128)11)134(108-56-74-117(75-57-108)145(37,38)39)123-87-129(99(12)81-93(123)6)136(126-84-120(90(3)78-96(126)9)132(104-48-66-113(67-49-104)141(25,26)27)105-50-68-114(69-51-105)142(28,29)30)127-85-121(91(4)79-97(127)10)133(106-52-70-115(71-53-106)143(31,32)33)107-54-72-116(73-55-107)144(34,35)36/h40-87,130-136H,1-39H3/i130D,131D,132D,133D,134D,135D,136D. The molecule has 0 bridgehead atoms. The lowest BCUT2D eigenvalue weighted by molar-refractivity contribution is 0.589. The van der Waals surface area contributed by atoms with Crippen LogP contribution >= 0.6 is 0 Å². The van der Waals surface area contributed by atoms with Gasteiger partial charge in [-0.3, -0.25) is 0 Å². The normalized spacial score (nSPS) is 14.2. The maximum absolute atomic E-state index is 13.1. The quantitative estimate of drug-likeness (QED) is 0.0629. The summed E-state index contributed by atoms with van der Waals surface area (Å²) in [6.07, 6.45) is 0. The van der Waals surface area contributed by atoms with Crippen LogP contribution in [0.3, 0.4) is 0 Å². The Hall–Kier alpha value is -11.7. The molecule has 0 saturated carbocycles. The molecule has 0 saturated heterocycles. The second kappa shape index (κ2) is 40.5. The third-order valence-electron chi connectivity index (χ3n) is 31.0. The van der Waals surface area contributed by atoms with Gasteiger partial charge in [-0.25, -0.2) is 0 Å². The Morgan fingerprint density at radius 3 is 0.297 bits per heavy atom. The van der Waals surface area contributed by atoms with Crippen molar-refractivity contribution in [2.75, 3.05) is 0 Å². The van der Waals surface area contributed by atoms with E-state index in [1.54, 1.807) is 0 Å². The Bertz CT molecular complexity index is 6610. The van der Waals surface area contributed by atoms with E-state index in [1.807, 2.05) is 0 Å². The molecule has 145 heavy (non-hydrogen) atoms. The van der Waals surface area contributed by atoms with Crippen LogP contribution in [0.1, 0.15) is 471 Å². The fraction of sp³-hybridized carbons (Fsp3) is 0.379. The summed E-state index contributed by atoms with van der Waals surface area (Å²) in [5.74, 6) is -12.0. The highest BCUT2D eigenvalue weighted by Gasteiger charge is 2.38. The van der Waals surface area contributed by atoms with Gasteiger partial charge in [-0.2, -0.15) is 0 Å². The van der Waals surface area contributed by atoms with E-state index in [9.17, 15) is 9.60 Å². The number of aryl methyl sites for hydroxylation is 12. The Morgan fingerprint density at radius 1 is 0.117 bits per heavy atom. The van der Waals surface area contributed by atoms with Crippen molar-refractivity contribution in [2.24, 2.45) is 0 Å². The number of hydrogen-bond donors (Lipinski definition) is 0. The highest BCUT2D eigenvalue weighted by Crippen LogP contribution is 2.53. The third kappa shape index (κ3) is 23.0. The Morgan fingerprint density at radius 2 is 0.200 bits per heavy atom. The van der Waals surface area contributed by atoms with Crippen molar-refractivity contribution in [3.05, 3.63) is 525 Å². The van der Waals surface area contributed by atoms with Gasteiger partial charge in [0.1, 0.15) is 0 Å². The zero-order valence-electron chi connectivity index (χ0n) is 103.